The molecular weight excluding hydrogens is 395 g/mol. The van der Waals surface area contributed by atoms with Gasteiger partial charge in [0.05, 0.1) is 0 Å². The summed E-state index contributed by atoms with van der Waals surface area (Å²) in [5, 5.41) is 13.2. The lowest BCUT2D eigenvalue weighted by molar-refractivity contribution is 1.72. The Labute approximate surface area is 193 Å². The van der Waals surface area contributed by atoms with Gasteiger partial charge in [0, 0.05) is 0 Å². The zero-order valence-electron chi connectivity index (χ0n) is 18.5. The van der Waals surface area contributed by atoms with E-state index in [-0.39, 0.29) is 0 Å². The van der Waals surface area contributed by atoms with Crippen molar-refractivity contribution in [3.8, 4) is 11.1 Å². The molecule has 0 spiro atoms. The average molecular weight is 416 g/mol. The summed E-state index contributed by atoms with van der Waals surface area (Å²) in [6.07, 6.45) is 0. The fraction of sp³-hybridized carbons (Fsp3) is 0. The first-order valence-corrected chi connectivity index (χ1v) is 11.5. The Kier molecular flexibility index (Phi) is 3.89. The normalized spacial score (nSPS) is 11.8. The van der Waals surface area contributed by atoms with Crippen LogP contribution in [0.4, 0.5) is 0 Å². The van der Waals surface area contributed by atoms with Crippen LogP contribution in [-0.2, 0) is 0 Å². The maximum Gasteiger partial charge on any atom is 0.140 e. The van der Waals surface area contributed by atoms with Gasteiger partial charge in [-0.05, 0) is 71.1 Å². The Bertz CT molecular complexity index is 1790. The number of fused-ring (bicyclic) bond motifs is 8. The summed E-state index contributed by atoms with van der Waals surface area (Å²) in [5.41, 5.74) is 3.95. The highest BCUT2D eigenvalue weighted by Gasteiger charge is 2.14. The standard InChI is InChI=1S/C32H21B/c33-32-28-15-7-5-13-26(28)31(27-14-6-8-16-29(27)32)20-17-18-25-23-11-2-1-9-21(23)22-10-3-4-12-24(22)30(25)19-20/h1-19H,33H2. The van der Waals surface area contributed by atoms with Crippen molar-refractivity contribution in [1.29, 1.82) is 0 Å². The maximum atomic E-state index is 2.41. The third-order valence-electron chi connectivity index (χ3n) is 7.23. The molecule has 0 fully saturated rings. The molecule has 33 heavy (non-hydrogen) atoms. The molecule has 7 aromatic rings. The fourth-order valence-electron chi connectivity index (χ4n) is 5.72. The smallest absolute Gasteiger partial charge is 0.0735 e. The van der Waals surface area contributed by atoms with Gasteiger partial charge in [-0.25, -0.2) is 0 Å². The Morgan fingerprint density at radius 1 is 0.333 bits per heavy atom. The largest absolute Gasteiger partial charge is 0.140 e. The van der Waals surface area contributed by atoms with Crippen molar-refractivity contribution >= 4 is 67.2 Å². The van der Waals surface area contributed by atoms with Gasteiger partial charge in [0.25, 0.3) is 0 Å². The molecule has 0 saturated heterocycles. The molecule has 0 radical (unpaired) electrons. The predicted octanol–water partition coefficient (Wildman–Crippen LogP) is 7.38. The van der Waals surface area contributed by atoms with Crippen molar-refractivity contribution in [2.24, 2.45) is 0 Å². The third kappa shape index (κ3) is 2.60. The molecule has 0 aliphatic rings. The van der Waals surface area contributed by atoms with Gasteiger partial charge in [-0.2, -0.15) is 0 Å². The van der Waals surface area contributed by atoms with Gasteiger partial charge >= 0.3 is 0 Å². The molecule has 0 unspecified atom stereocenters. The first-order valence-electron chi connectivity index (χ1n) is 11.5. The molecule has 152 valence electrons. The molecule has 0 bridgehead atoms. The lowest BCUT2D eigenvalue weighted by Crippen LogP contribution is -2.07. The molecule has 0 aliphatic heterocycles. The zero-order chi connectivity index (χ0) is 21.9. The quantitative estimate of drug-likeness (QED) is 0.149. The minimum atomic E-state index is 1.27. The number of hydrogen-bond acceptors (Lipinski definition) is 0. The van der Waals surface area contributed by atoms with E-state index in [0.717, 1.165) is 0 Å². The number of hydrogen-bond donors (Lipinski definition) is 0. The molecule has 0 aliphatic carbocycles. The van der Waals surface area contributed by atoms with Gasteiger partial charge in [-0.15, -0.1) is 0 Å². The SMILES string of the molecule is Bc1c2ccccc2c(-c2ccc3c4ccccc4c4ccccc4c3c2)c2ccccc12. The Morgan fingerprint density at radius 2 is 0.697 bits per heavy atom. The van der Waals surface area contributed by atoms with Gasteiger partial charge in [0.1, 0.15) is 7.85 Å². The van der Waals surface area contributed by atoms with E-state index in [9.17, 15) is 0 Å². The Balaban J connectivity index is 1.68. The highest BCUT2D eigenvalue weighted by molar-refractivity contribution is 6.47. The van der Waals surface area contributed by atoms with E-state index >= 15 is 0 Å². The Hall–Kier alpha value is -4.10. The van der Waals surface area contributed by atoms with Gasteiger partial charge in [0.2, 0.25) is 0 Å². The van der Waals surface area contributed by atoms with Gasteiger partial charge < -0.3 is 0 Å². The van der Waals surface area contributed by atoms with E-state index in [2.05, 4.69) is 123 Å². The number of rotatable bonds is 1. The van der Waals surface area contributed by atoms with Gasteiger partial charge in [-0.1, -0.05) is 115 Å². The van der Waals surface area contributed by atoms with Crippen LogP contribution in [-0.4, -0.2) is 7.85 Å². The van der Waals surface area contributed by atoms with Crippen LogP contribution in [0.1, 0.15) is 0 Å². The van der Waals surface area contributed by atoms with Crippen LogP contribution in [0.25, 0.3) is 65.0 Å². The van der Waals surface area contributed by atoms with Crippen molar-refractivity contribution in [1.82, 2.24) is 0 Å². The second-order valence-corrected chi connectivity index (χ2v) is 8.94. The van der Waals surface area contributed by atoms with Crippen molar-refractivity contribution in [2.75, 3.05) is 0 Å². The van der Waals surface area contributed by atoms with Gasteiger partial charge in [0.15, 0.2) is 0 Å². The zero-order valence-corrected chi connectivity index (χ0v) is 18.5. The second-order valence-electron chi connectivity index (χ2n) is 8.94. The first kappa shape index (κ1) is 18.5. The summed E-state index contributed by atoms with van der Waals surface area (Å²) < 4.78 is 0. The molecule has 7 aromatic carbocycles. The van der Waals surface area contributed by atoms with Crippen LogP contribution in [0.5, 0.6) is 0 Å². The summed E-state index contributed by atoms with van der Waals surface area (Å²) >= 11 is 0. The van der Waals surface area contributed by atoms with Crippen molar-refractivity contribution in [3.63, 3.8) is 0 Å². The Morgan fingerprint density at radius 3 is 1.18 bits per heavy atom. The number of benzene rings is 7. The van der Waals surface area contributed by atoms with E-state index in [1.54, 1.807) is 0 Å². The second kappa shape index (κ2) is 6.95. The highest BCUT2D eigenvalue weighted by Crippen LogP contribution is 2.40. The molecule has 7 rings (SSSR count). The van der Waals surface area contributed by atoms with Crippen molar-refractivity contribution < 1.29 is 0 Å². The molecule has 0 amide bonds. The van der Waals surface area contributed by atoms with E-state index in [1.165, 1.54) is 70.5 Å². The minimum absolute atomic E-state index is 1.27. The van der Waals surface area contributed by atoms with Crippen LogP contribution in [0.15, 0.2) is 115 Å². The van der Waals surface area contributed by atoms with Gasteiger partial charge in [-0.3, -0.25) is 0 Å². The van der Waals surface area contributed by atoms with Crippen LogP contribution in [0.2, 0.25) is 0 Å². The molecule has 0 nitrogen and oxygen atoms in total. The lowest BCUT2D eigenvalue weighted by Gasteiger charge is -2.17. The summed E-state index contributed by atoms with van der Waals surface area (Å²) in [6.45, 7) is 0. The van der Waals surface area contributed by atoms with E-state index in [4.69, 9.17) is 0 Å². The van der Waals surface area contributed by atoms with Crippen LogP contribution in [0.3, 0.4) is 0 Å². The average Bonchev–Trinajstić information content (AvgIpc) is 2.89. The lowest BCUT2D eigenvalue weighted by atomic mass is 9.80. The predicted molar refractivity (Wildman–Crippen MR) is 148 cm³/mol. The maximum absolute atomic E-state index is 2.41. The van der Waals surface area contributed by atoms with E-state index < -0.39 is 0 Å². The van der Waals surface area contributed by atoms with Crippen LogP contribution in [0, 0.1) is 0 Å². The summed E-state index contributed by atoms with van der Waals surface area (Å²) in [6, 6.07) is 42.3. The minimum Gasteiger partial charge on any atom is -0.0735 e. The fourth-order valence-corrected chi connectivity index (χ4v) is 5.72. The third-order valence-corrected chi connectivity index (χ3v) is 7.23. The van der Waals surface area contributed by atoms with Crippen molar-refractivity contribution in [3.05, 3.63) is 115 Å². The van der Waals surface area contributed by atoms with Crippen LogP contribution < -0.4 is 5.46 Å². The molecule has 0 aromatic heterocycles. The van der Waals surface area contributed by atoms with E-state index in [0.29, 0.717) is 0 Å². The van der Waals surface area contributed by atoms with E-state index in [1.807, 2.05) is 0 Å². The van der Waals surface area contributed by atoms with Crippen LogP contribution >= 0.6 is 0 Å². The summed E-state index contributed by atoms with van der Waals surface area (Å²) in [7, 11) is 2.24. The molecular formula is C32H21B. The highest BCUT2D eigenvalue weighted by atomic mass is 14.2. The summed E-state index contributed by atoms with van der Waals surface area (Å²) in [5.74, 6) is 0. The molecule has 0 N–H and O–H groups in total. The summed E-state index contributed by atoms with van der Waals surface area (Å²) in [4.78, 5) is 0. The molecule has 0 heterocycles. The monoisotopic (exact) mass is 416 g/mol. The topological polar surface area (TPSA) is 0 Å². The van der Waals surface area contributed by atoms with Crippen molar-refractivity contribution in [2.45, 2.75) is 0 Å². The molecule has 0 atom stereocenters. The molecule has 1 heteroatoms. The first-order chi connectivity index (χ1) is 16.3. The molecule has 0 saturated carbocycles.